The van der Waals surface area contributed by atoms with Gasteiger partial charge in [0.2, 0.25) is 0 Å². The summed E-state index contributed by atoms with van der Waals surface area (Å²) in [6.45, 7) is 5.82. The van der Waals surface area contributed by atoms with E-state index in [1.165, 1.54) is 18.3 Å². The first-order chi connectivity index (χ1) is 17.4. The van der Waals surface area contributed by atoms with Crippen molar-refractivity contribution in [3.8, 4) is 5.75 Å². The molecule has 0 aliphatic rings. The summed E-state index contributed by atoms with van der Waals surface area (Å²) in [5.41, 5.74) is 2.36. The summed E-state index contributed by atoms with van der Waals surface area (Å²) in [6.07, 6.45) is 5.89. The number of pyridine rings is 1. The van der Waals surface area contributed by atoms with Crippen LogP contribution in [0.2, 0.25) is 0 Å². The summed E-state index contributed by atoms with van der Waals surface area (Å²) in [6, 6.07) is 14.5. The molecule has 0 spiro atoms. The molecular formula is C28H29FN4O3. The van der Waals surface area contributed by atoms with Gasteiger partial charge in [0.15, 0.2) is 5.82 Å². The SMILES string of the molecule is C=CCC(CC=Nc1ccc(C(=O)NCc2cccc(F)c2)cn1)NC(=O)c1cccc(OC)c1C. The lowest BCUT2D eigenvalue weighted by molar-refractivity contribution is 0.0933. The van der Waals surface area contributed by atoms with Gasteiger partial charge in [0, 0.05) is 42.5 Å². The zero-order chi connectivity index (χ0) is 25.9. The van der Waals surface area contributed by atoms with Crippen LogP contribution >= 0.6 is 0 Å². The number of aliphatic imine (C=N–C) groups is 1. The number of hydrogen-bond acceptors (Lipinski definition) is 5. The summed E-state index contributed by atoms with van der Waals surface area (Å²) >= 11 is 0. The van der Waals surface area contributed by atoms with E-state index in [9.17, 15) is 14.0 Å². The van der Waals surface area contributed by atoms with Gasteiger partial charge >= 0.3 is 0 Å². The van der Waals surface area contributed by atoms with Gasteiger partial charge in [-0.05, 0) is 55.3 Å². The van der Waals surface area contributed by atoms with Crippen molar-refractivity contribution in [2.45, 2.75) is 32.4 Å². The minimum absolute atomic E-state index is 0.196. The number of methoxy groups -OCH3 is 1. The minimum atomic E-state index is -0.351. The number of hydrogen-bond donors (Lipinski definition) is 2. The maximum Gasteiger partial charge on any atom is 0.253 e. The molecule has 1 aromatic heterocycles. The Kier molecular flexibility index (Phi) is 9.45. The Morgan fingerprint density at radius 3 is 2.64 bits per heavy atom. The van der Waals surface area contributed by atoms with E-state index >= 15 is 0 Å². The van der Waals surface area contributed by atoms with Gasteiger partial charge in [0.1, 0.15) is 11.6 Å². The monoisotopic (exact) mass is 488 g/mol. The lowest BCUT2D eigenvalue weighted by Gasteiger charge is -2.17. The zero-order valence-electron chi connectivity index (χ0n) is 20.3. The van der Waals surface area contributed by atoms with Crippen molar-refractivity contribution in [3.63, 3.8) is 0 Å². The normalized spacial score (nSPS) is 11.6. The molecule has 186 valence electrons. The topological polar surface area (TPSA) is 92.7 Å². The predicted molar refractivity (Wildman–Crippen MR) is 138 cm³/mol. The van der Waals surface area contributed by atoms with Crippen LogP contribution in [0.5, 0.6) is 5.75 Å². The van der Waals surface area contributed by atoms with E-state index in [2.05, 4.69) is 27.2 Å². The molecule has 3 aromatic rings. The molecule has 1 atom stereocenters. The van der Waals surface area contributed by atoms with E-state index in [4.69, 9.17) is 4.74 Å². The van der Waals surface area contributed by atoms with Gasteiger partial charge in [-0.15, -0.1) is 6.58 Å². The predicted octanol–water partition coefficient (Wildman–Crippen LogP) is 4.93. The van der Waals surface area contributed by atoms with E-state index in [0.717, 1.165) is 5.56 Å². The lowest BCUT2D eigenvalue weighted by atomic mass is 10.1. The van der Waals surface area contributed by atoms with Gasteiger partial charge in [0.25, 0.3) is 11.8 Å². The van der Waals surface area contributed by atoms with Crippen LogP contribution in [-0.2, 0) is 6.54 Å². The van der Waals surface area contributed by atoms with E-state index < -0.39 is 0 Å². The number of carbonyl (C=O) groups excluding carboxylic acids is 2. The van der Waals surface area contributed by atoms with E-state index in [-0.39, 0.29) is 30.2 Å². The second-order valence-electron chi connectivity index (χ2n) is 8.09. The quantitative estimate of drug-likeness (QED) is 0.296. The van der Waals surface area contributed by atoms with E-state index in [1.807, 2.05) is 13.0 Å². The van der Waals surface area contributed by atoms with Crippen molar-refractivity contribution < 1.29 is 18.7 Å². The maximum atomic E-state index is 13.3. The highest BCUT2D eigenvalue weighted by Crippen LogP contribution is 2.21. The van der Waals surface area contributed by atoms with Crippen molar-refractivity contribution >= 4 is 23.8 Å². The zero-order valence-corrected chi connectivity index (χ0v) is 20.3. The Morgan fingerprint density at radius 2 is 1.94 bits per heavy atom. The van der Waals surface area contributed by atoms with Crippen LogP contribution in [0.4, 0.5) is 10.2 Å². The molecule has 2 amide bonds. The molecule has 0 aliphatic heterocycles. The molecule has 7 nitrogen and oxygen atoms in total. The Balaban J connectivity index is 1.55. The number of halogens is 1. The highest BCUT2D eigenvalue weighted by Gasteiger charge is 2.16. The van der Waals surface area contributed by atoms with Crippen molar-refractivity contribution in [2.24, 2.45) is 4.99 Å². The number of carbonyl (C=O) groups is 2. The first-order valence-electron chi connectivity index (χ1n) is 11.5. The fraction of sp³-hybridized carbons (Fsp3) is 0.214. The van der Waals surface area contributed by atoms with Gasteiger partial charge in [0.05, 0.1) is 12.7 Å². The van der Waals surface area contributed by atoms with Gasteiger partial charge in [-0.3, -0.25) is 9.59 Å². The molecule has 0 bridgehead atoms. The second kappa shape index (κ2) is 12.9. The van der Waals surface area contributed by atoms with E-state index in [0.29, 0.717) is 41.1 Å². The van der Waals surface area contributed by atoms with Gasteiger partial charge in [-0.2, -0.15) is 0 Å². The maximum absolute atomic E-state index is 13.3. The Morgan fingerprint density at radius 1 is 1.14 bits per heavy atom. The number of rotatable bonds is 11. The number of nitrogens with one attached hydrogen (secondary N) is 2. The second-order valence-corrected chi connectivity index (χ2v) is 8.09. The molecule has 8 heteroatoms. The largest absolute Gasteiger partial charge is 0.496 e. The highest BCUT2D eigenvalue weighted by molar-refractivity contribution is 5.96. The van der Waals surface area contributed by atoms with Crippen LogP contribution in [0, 0.1) is 12.7 Å². The number of ether oxygens (including phenoxy) is 1. The van der Waals surface area contributed by atoms with Crippen LogP contribution in [0.3, 0.4) is 0 Å². The minimum Gasteiger partial charge on any atom is -0.496 e. The summed E-state index contributed by atoms with van der Waals surface area (Å²) < 4.78 is 18.6. The molecule has 36 heavy (non-hydrogen) atoms. The third-order valence-electron chi connectivity index (χ3n) is 5.50. The smallest absolute Gasteiger partial charge is 0.253 e. The summed E-state index contributed by atoms with van der Waals surface area (Å²) in [4.78, 5) is 33.7. The van der Waals surface area contributed by atoms with Crippen LogP contribution < -0.4 is 15.4 Å². The fourth-order valence-electron chi connectivity index (χ4n) is 3.56. The Labute approximate surface area is 210 Å². The summed E-state index contributed by atoms with van der Waals surface area (Å²) in [5, 5.41) is 5.75. The molecule has 2 aromatic carbocycles. The Bertz CT molecular complexity index is 1240. The third kappa shape index (κ3) is 7.33. The fourth-order valence-corrected chi connectivity index (χ4v) is 3.56. The molecule has 0 saturated carbocycles. The highest BCUT2D eigenvalue weighted by atomic mass is 19.1. The average molecular weight is 489 g/mol. The molecule has 2 N–H and O–H groups in total. The molecule has 1 heterocycles. The number of aromatic nitrogens is 1. The number of amides is 2. The first-order valence-corrected chi connectivity index (χ1v) is 11.5. The molecule has 0 radical (unpaired) electrons. The molecule has 1 unspecified atom stereocenters. The lowest BCUT2D eigenvalue weighted by Crippen LogP contribution is -2.35. The molecular weight excluding hydrogens is 459 g/mol. The number of benzene rings is 2. The molecule has 0 fully saturated rings. The van der Waals surface area contributed by atoms with Crippen molar-refractivity contribution in [3.05, 3.63) is 102 Å². The van der Waals surface area contributed by atoms with E-state index in [1.54, 1.807) is 55.8 Å². The molecule has 0 aliphatic carbocycles. The van der Waals surface area contributed by atoms with Crippen molar-refractivity contribution in [2.75, 3.05) is 7.11 Å². The standard InChI is InChI=1S/C28H29FN4O3/c1-4-7-23(33-28(35)24-10-6-11-25(36-3)19(24)2)14-15-30-26-13-12-21(18-31-26)27(34)32-17-20-8-5-9-22(29)16-20/h4-6,8-13,15-16,18,23H,1,7,14,17H2,2-3H3,(H,32,34)(H,33,35). The first kappa shape index (κ1) is 26.3. The molecule has 3 rings (SSSR count). The van der Waals surface area contributed by atoms with Crippen LogP contribution in [0.25, 0.3) is 0 Å². The molecule has 0 saturated heterocycles. The van der Waals surface area contributed by atoms with Crippen molar-refractivity contribution in [1.29, 1.82) is 0 Å². The van der Waals surface area contributed by atoms with Gasteiger partial charge in [-0.25, -0.2) is 14.4 Å². The third-order valence-corrected chi connectivity index (χ3v) is 5.50. The Hall–Kier alpha value is -4.33. The van der Waals surface area contributed by atoms with Crippen LogP contribution in [0.1, 0.15) is 44.7 Å². The summed E-state index contributed by atoms with van der Waals surface area (Å²) in [7, 11) is 1.57. The number of nitrogens with zero attached hydrogens (tertiary/aromatic N) is 2. The average Bonchev–Trinajstić information content (AvgIpc) is 2.88. The van der Waals surface area contributed by atoms with Gasteiger partial charge in [-0.1, -0.05) is 24.3 Å². The van der Waals surface area contributed by atoms with Crippen molar-refractivity contribution in [1.82, 2.24) is 15.6 Å². The van der Waals surface area contributed by atoms with Gasteiger partial charge < -0.3 is 15.4 Å². The summed E-state index contributed by atoms with van der Waals surface area (Å²) in [5.74, 6) is 0.226. The van der Waals surface area contributed by atoms with Crippen LogP contribution in [0.15, 0.2) is 78.4 Å². The van der Waals surface area contributed by atoms with Crippen LogP contribution in [-0.4, -0.2) is 36.2 Å².